The largest absolute Gasteiger partial charge is 0.393 e. The monoisotopic (exact) mass is 312 g/mol. The van der Waals surface area contributed by atoms with Crippen LogP contribution < -0.4 is 0 Å². The highest BCUT2D eigenvalue weighted by Crippen LogP contribution is 2.10. The maximum atomic E-state index is 11.5. The SMILES string of the molecule is CCCCCCCCCC(=O)OC(=O)CCCCCCCC. The zero-order chi connectivity index (χ0) is 16.5. The molecule has 0 heterocycles. The molecule has 22 heavy (non-hydrogen) atoms. The molecule has 0 atom stereocenters. The van der Waals surface area contributed by atoms with Crippen LogP contribution in [0.15, 0.2) is 0 Å². The van der Waals surface area contributed by atoms with Crippen molar-refractivity contribution in [2.75, 3.05) is 0 Å². The number of unbranched alkanes of at least 4 members (excludes halogenated alkanes) is 11. The molecule has 3 heteroatoms. The van der Waals surface area contributed by atoms with E-state index in [2.05, 4.69) is 13.8 Å². The number of carbonyl (C=O) groups excluding carboxylic acids is 2. The fourth-order valence-corrected chi connectivity index (χ4v) is 2.51. The van der Waals surface area contributed by atoms with Crippen LogP contribution in [0.2, 0.25) is 0 Å². The Morgan fingerprint density at radius 3 is 1.23 bits per heavy atom. The lowest BCUT2D eigenvalue weighted by atomic mass is 10.1. The van der Waals surface area contributed by atoms with Crippen LogP contribution in [-0.2, 0) is 14.3 Å². The first kappa shape index (κ1) is 21.1. The molecule has 0 aromatic heterocycles. The van der Waals surface area contributed by atoms with Gasteiger partial charge in [-0.1, -0.05) is 84.5 Å². The van der Waals surface area contributed by atoms with E-state index in [0.717, 1.165) is 25.7 Å². The molecule has 130 valence electrons. The van der Waals surface area contributed by atoms with Gasteiger partial charge < -0.3 is 4.74 Å². The fraction of sp³-hybridized carbons (Fsp3) is 0.895. The molecule has 0 saturated carbocycles. The Morgan fingerprint density at radius 1 is 0.545 bits per heavy atom. The average Bonchev–Trinajstić information content (AvgIpc) is 2.50. The van der Waals surface area contributed by atoms with Crippen molar-refractivity contribution in [1.29, 1.82) is 0 Å². The number of ether oxygens (including phenoxy) is 1. The van der Waals surface area contributed by atoms with Gasteiger partial charge in [-0.3, -0.25) is 9.59 Å². The summed E-state index contributed by atoms with van der Waals surface area (Å²) in [5.74, 6) is -0.687. The van der Waals surface area contributed by atoms with Crippen LogP contribution in [0.1, 0.15) is 110 Å². The number of hydrogen-bond acceptors (Lipinski definition) is 3. The average molecular weight is 312 g/mol. The number of esters is 2. The third-order valence-electron chi connectivity index (χ3n) is 3.95. The van der Waals surface area contributed by atoms with E-state index in [1.165, 1.54) is 57.8 Å². The van der Waals surface area contributed by atoms with Crippen LogP contribution in [0.4, 0.5) is 0 Å². The zero-order valence-electron chi connectivity index (χ0n) is 14.8. The van der Waals surface area contributed by atoms with Crippen LogP contribution >= 0.6 is 0 Å². The third-order valence-corrected chi connectivity index (χ3v) is 3.95. The van der Waals surface area contributed by atoms with Crippen molar-refractivity contribution in [3.8, 4) is 0 Å². The molecule has 0 N–H and O–H groups in total. The summed E-state index contributed by atoms with van der Waals surface area (Å²) < 4.78 is 4.85. The summed E-state index contributed by atoms with van der Waals surface area (Å²) in [6.45, 7) is 4.40. The lowest BCUT2D eigenvalue weighted by Gasteiger charge is -2.04. The summed E-state index contributed by atoms with van der Waals surface area (Å²) in [6.07, 6.45) is 15.8. The molecule has 0 spiro atoms. The molecule has 0 saturated heterocycles. The molecule has 0 aliphatic carbocycles. The Labute approximate surface area is 137 Å². The molecule has 0 rings (SSSR count). The van der Waals surface area contributed by atoms with Crippen molar-refractivity contribution < 1.29 is 14.3 Å². The molecule has 0 bridgehead atoms. The Bertz CT molecular complexity index is 274. The second-order valence-corrected chi connectivity index (χ2v) is 6.24. The van der Waals surface area contributed by atoms with Gasteiger partial charge in [0.2, 0.25) is 0 Å². The van der Waals surface area contributed by atoms with Gasteiger partial charge in [0, 0.05) is 12.8 Å². The Hall–Kier alpha value is -0.860. The smallest absolute Gasteiger partial charge is 0.313 e. The predicted molar refractivity (Wildman–Crippen MR) is 91.7 cm³/mol. The Kier molecular flexibility index (Phi) is 15.9. The van der Waals surface area contributed by atoms with Gasteiger partial charge in [0.15, 0.2) is 0 Å². The maximum Gasteiger partial charge on any atom is 0.313 e. The van der Waals surface area contributed by atoms with Crippen LogP contribution in [0.3, 0.4) is 0 Å². The van der Waals surface area contributed by atoms with Crippen molar-refractivity contribution in [3.05, 3.63) is 0 Å². The lowest BCUT2D eigenvalue weighted by Crippen LogP contribution is -2.11. The molecule has 0 aliphatic rings. The first-order chi connectivity index (χ1) is 10.7. The van der Waals surface area contributed by atoms with Crippen LogP contribution in [-0.4, -0.2) is 11.9 Å². The summed E-state index contributed by atoms with van der Waals surface area (Å²) in [5, 5.41) is 0. The van der Waals surface area contributed by atoms with Gasteiger partial charge in [0.1, 0.15) is 0 Å². The molecule has 0 aliphatic heterocycles. The first-order valence-electron chi connectivity index (χ1n) is 9.44. The Morgan fingerprint density at radius 2 is 0.864 bits per heavy atom. The predicted octanol–water partition coefficient (Wildman–Crippen LogP) is 5.95. The van der Waals surface area contributed by atoms with Gasteiger partial charge in [-0.25, -0.2) is 0 Å². The van der Waals surface area contributed by atoms with Crippen molar-refractivity contribution in [2.24, 2.45) is 0 Å². The van der Waals surface area contributed by atoms with Gasteiger partial charge in [-0.05, 0) is 12.8 Å². The molecule has 0 radical (unpaired) electrons. The van der Waals surface area contributed by atoms with E-state index >= 15 is 0 Å². The highest BCUT2D eigenvalue weighted by atomic mass is 16.6. The quantitative estimate of drug-likeness (QED) is 0.213. The van der Waals surface area contributed by atoms with Gasteiger partial charge in [0.05, 0.1) is 0 Å². The van der Waals surface area contributed by atoms with E-state index in [0.29, 0.717) is 12.8 Å². The van der Waals surface area contributed by atoms with Crippen molar-refractivity contribution in [2.45, 2.75) is 110 Å². The van der Waals surface area contributed by atoms with Crippen molar-refractivity contribution in [1.82, 2.24) is 0 Å². The van der Waals surface area contributed by atoms with E-state index in [-0.39, 0.29) is 11.9 Å². The Balaban J connectivity index is 3.37. The van der Waals surface area contributed by atoms with E-state index in [1.807, 2.05) is 0 Å². The number of hydrogen-bond donors (Lipinski definition) is 0. The van der Waals surface area contributed by atoms with Gasteiger partial charge >= 0.3 is 11.9 Å². The first-order valence-corrected chi connectivity index (χ1v) is 9.44. The van der Waals surface area contributed by atoms with Crippen LogP contribution in [0.5, 0.6) is 0 Å². The minimum atomic E-state index is -0.344. The van der Waals surface area contributed by atoms with Gasteiger partial charge in [0.25, 0.3) is 0 Å². The van der Waals surface area contributed by atoms with Gasteiger partial charge in [-0.2, -0.15) is 0 Å². The highest BCUT2D eigenvalue weighted by molar-refractivity contribution is 5.85. The summed E-state index contributed by atoms with van der Waals surface area (Å²) >= 11 is 0. The molecular formula is C19H36O3. The number of carbonyl (C=O) groups is 2. The third kappa shape index (κ3) is 15.5. The van der Waals surface area contributed by atoms with Crippen molar-refractivity contribution >= 4 is 11.9 Å². The minimum Gasteiger partial charge on any atom is -0.393 e. The standard InChI is InChI=1S/C19H36O3/c1-3-5-7-9-11-13-15-17-19(21)22-18(20)16-14-12-10-8-6-4-2/h3-17H2,1-2H3. The number of rotatable bonds is 15. The lowest BCUT2D eigenvalue weighted by molar-refractivity contribution is -0.159. The molecule has 3 nitrogen and oxygen atoms in total. The molecule has 0 fully saturated rings. The molecule has 0 unspecified atom stereocenters. The second-order valence-electron chi connectivity index (χ2n) is 6.24. The fourth-order valence-electron chi connectivity index (χ4n) is 2.51. The maximum absolute atomic E-state index is 11.5. The van der Waals surface area contributed by atoms with Crippen molar-refractivity contribution in [3.63, 3.8) is 0 Å². The van der Waals surface area contributed by atoms with Gasteiger partial charge in [-0.15, -0.1) is 0 Å². The van der Waals surface area contributed by atoms with Crippen LogP contribution in [0.25, 0.3) is 0 Å². The molecule has 0 aromatic rings. The molecular weight excluding hydrogens is 276 g/mol. The second kappa shape index (κ2) is 16.5. The topological polar surface area (TPSA) is 43.4 Å². The van der Waals surface area contributed by atoms with E-state index in [1.54, 1.807) is 0 Å². The summed E-state index contributed by atoms with van der Waals surface area (Å²) in [6, 6.07) is 0. The minimum absolute atomic E-state index is 0.343. The zero-order valence-corrected chi connectivity index (χ0v) is 14.8. The van der Waals surface area contributed by atoms with E-state index < -0.39 is 0 Å². The van der Waals surface area contributed by atoms with E-state index in [9.17, 15) is 9.59 Å². The summed E-state index contributed by atoms with van der Waals surface area (Å²) in [5.41, 5.74) is 0. The molecule has 0 aromatic carbocycles. The highest BCUT2D eigenvalue weighted by Gasteiger charge is 2.09. The van der Waals surface area contributed by atoms with Crippen LogP contribution in [0, 0.1) is 0 Å². The van der Waals surface area contributed by atoms with E-state index in [4.69, 9.17) is 4.74 Å². The summed E-state index contributed by atoms with van der Waals surface area (Å²) in [7, 11) is 0. The molecule has 0 amide bonds. The summed E-state index contributed by atoms with van der Waals surface area (Å²) in [4.78, 5) is 23.0. The normalized spacial score (nSPS) is 10.6.